The number of carbonyl (C=O) groups excluding carboxylic acids is 1. The number of amides is 1. The molecule has 0 saturated heterocycles. The van der Waals surface area contributed by atoms with E-state index in [1.807, 2.05) is 60.7 Å². The highest BCUT2D eigenvalue weighted by atomic mass is 32.1. The average molecular weight is 397 g/mol. The van der Waals surface area contributed by atoms with E-state index >= 15 is 0 Å². The number of hydrogen-bond donors (Lipinski definition) is 1. The minimum Gasteiger partial charge on any atom is -0.457 e. The first-order chi connectivity index (χ1) is 14.3. The molecule has 0 saturated carbocycles. The molecule has 1 aliphatic rings. The van der Waals surface area contributed by atoms with Crippen LogP contribution in [-0.2, 0) is 11.3 Å². The minimum atomic E-state index is -0.385. The van der Waals surface area contributed by atoms with Crippen LogP contribution >= 0.6 is 11.3 Å². The second kappa shape index (κ2) is 7.57. The van der Waals surface area contributed by atoms with Crippen LogP contribution in [0.25, 0.3) is 11.1 Å². The van der Waals surface area contributed by atoms with Crippen molar-refractivity contribution in [3.05, 3.63) is 106 Å². The van der Waals surface area contributed by atoms with Crippen LogP contribution < -0.4 is 10.1 Å². The number of nitrogens with one attached hydrogen (secondary N) is 1. The molecule has 0 bridgehead atoms. The largest absolute Gasteiger partial charge is 0.457 e. The first-order valence-corrected chi connectivity index (χ1v) is 10.5. The Morgan fingerprint density at radius 3 is 2.21 bits per heavy atom. The standard InChI is InChI=1S/C25H19NO2S/c27-25(26-15-17-7-1-2-8-19(17)18-13-14-29-16-18)24-20-9-3-5-11-22(20)28-23-12-6-4-10-21(23)24/h1-14,16,24H,15H2,(H,26,27). The van der Waals surface area contributed by atoms with E-state index in [9.17, 15) is 4.79 Å². The maximum Gasteiger partial charge on any atom is 0.232 e. The third kappa shape index (κ3) is 3.32. The highest BCUT2D eigenvalue weighted by Gasteiger charge is 2.32. The highest BCUT2D eigenvalue weighted by Crippen LogP contribution is 2.43. The van der Waals surface area contributed by atoms with Gasteiger partial charge < -0.3 is 10.1 Å². The lowest BCUT2D eigenvalue weighted by Gasteiger charge is -2.27. The Kier molecular flexibility index (Phi) is 4.62. The SMILES string of the molecule is O=C(NCc1ccccc1-c1ccsc1)C1c2ccccc2Oc2ccccc21. The molecule has 4 aromatic rings. The third-order valence-corrected chi connectivity index (χ3v) is 5.93. The molecule has 0 aliphatic carbocycles. The van der Waals surface area contributed by atoms with Crippen LogP contribution in [0.3, 0.4) is 0 Å². The zero-order valence-corrected chi connectivity index (χ0v) is 16.5. The summed E-state index contributed by atoms with van der Waals surface area (Å²) in [5.41, 5.74) is 5.24. The van der Waals surface area contributed by atoms with E-state index in [1.165, 1.54) is 5.56 Å². The summed E-state index contributed by atoms with van der Waals surface area (Å²) in [6, 6.07) is 25.8. The number of benzene rings is 3. The number of fused-ring (bicyclic) bond motifs is 2. The zero-order valence-electron chi connectivity index (χ0n) is 15.7. The van der Waals surface area contributed by atoms with Crippen LogP contribution in [0.5, 0.6) is 11.5 Å². The lowest BCUT2D eigenvalue weighted by Crippen LogP contribution is -2.31. The number of rotatable bonds is 4. The summed E-state index contributed by atoms with van der Waals surface area (Å²) >= 11 is 1.67. The van der Waals surface area contributed by atoms with E-state index in [-0.39, 0.29) is 11.8 Å². The average Bonchev–Trinajstić information content (AvgIpc) is 3.31. The quantitative estimate of drug-likeness (QED) is 0.461. The molecule has 0 atom stereocenters. The van der Waals surface area contributed by atoms with Crippen molar-refractivity contribution in [1.82, 2.24) is 5.32 Å². The number of hydrogen-bond acceptors (Lipinski definition) is 3. The molecule has 0 radical (unpaired) electrons. The van der Waals surface area contributed by atoms with Gasteiger partial charge in [-0.1, -0.05) is 60.7 Å². The normalized spacial score (nSPS) is 12.6. The summed E-state index contributed by atoms with van der Waals surface area (Å²) in [5, 5.41) is 7.36. The van der Waals surface area contributed by atoms with Gasteiger partial charge in [0.15, 0.2) is 0 Å². The van der Waals surface area contributed by atoms with Crippen LogP contribution in [-0.4, -0.2) is 5.91 Å². The van der Waals surface area contributed by atoms with E-state index in [0.717, 1.165) is 33.8 Å². The van der Waals surface area contributed by atoms with Crippen LogP contribution in [0.2, 0.25) is 0 Å². The Hall–Kier alpha value is -3.37. The van der Waals surface area contributed by atoms with E-state index in [1.54, 1.807) is 11.3 Å². The first-order valence-electron chi connectivity index (χ1n) is 9.55. The van der Waals surface area contributed by atoms with Gasteiger partial charge in [0, 0.05) is 17.7 Å². The van der Waals surface area contributed by atoms with Gasteiger partial charge >= 0.3 is 0 Å². The summed E-state index contributed by atoms with van der Waals surface area (Å²) < 4.78 is 6.01. The monoisotopic (exact) mass is 397 g/mol. The molecule has 1 amide bonds. The van der Waals surface area contributed by atoms with Gasteiger partial charge in [-0.2, -0.15) is 11.3 Å². The van der Waals surface area contributed by atoms with Crippen molar-refractivity contribution in [2.24, 2.45) is 0 Å². The van der Waals surface area contributed by atoms with Crippen molar-refractivity contribution in [1.29, 1.82) is 0 Å². The maximum atomic E-state index is 13.3. The molecule has 142 valence electrons. The summed E-state index contributed by atoms with van der Waals surface area (Å²) in [6.07, 6.45) is 0. The van der Waals surface area contributed by atoms with Gasteiger partial charge in [-0.3, -0.25) is 4.79 Å². The second-order valence-corrected chi connectivity index (χ2v) is 7.78. The summed E-state index contributed by atoms with van der Waals surface area (Å²) in [6.45, 7) is 0.479. The topological polar surface area (TPSA) is 38.3 Å². The van der Waals surface area contributed by atoms with Gasteiger partial charge in [0.05, 0.1) is 5.92 Å². The van der Waals surface area contributed by atoms with E-state index in [2.05, 4.69) is 34.3 Å². The van der Waals surface area contributed by atoms with Crippen molar-refractivity contribution >= 4 is 17.2 Å². The molecule has 3 nitrogen and oxygen atoms in total. The highest BCUT2D eigenvalue weighted by molar-refractivity contribution is 7.08. The summed E-state index contributed by atoms with van der Waals surface area (Å²) in [7, 11) is 0. The van der Waals surface area contributed by atoms with Crippen LogP contribution in [0.4, 0.5) is 0 Å². The molecule has 0 fully saturated rings. The number of thiophene rings is 1. The predicted octanol–water partition coefficient (Wildman–Crippen LogP) is 5.97. The summed E-state index contributed by atoms with van der Waals surface area (Å²) in [4.78, 5) is 13.3. The van der Waals surface area contributed by atoms with E-state index in [4.69, 9.17) is 4.74 Å². The minimum absolute atomic E-state index is 0.0201. The van der Waals surface area contributed by atoms with Crippen molar-refractivity contribution in [2.45, 2.75) is 12.5 Å². The van der Waals surface area contributed by atoms with Crippen LogP contribution in [0.1, 0.15) is 22.6 Å². The van der Waals surface area contributed by atoms with Gasteiger partial charge in [0.2, 0.25) is 5.91 Å². The number of para-hydroxylation sites is 2. The van der Waals surface area contributed by atoms with E-state index in [0.29, 0.717) is 6.54 Å². The fraction of sp³-hybridized carbons (Fsp3) is 0.0800. The Morgan fingerprint density at radius 2 is 1.52 bits per heavy atom. The Bertz CT molecular complexity index is 1120. The fourth-order valence-electron chi connectivity index (χ4n) is 3.85. The first kappa shape index (κ1) is 17.7. The van der Waals surface area contributed by atoms with Crippen molar-refractivity contribution in [3.8, 4) is 22.6 Å². The zero-order chi connectivity index (χ0) is 19.6. The molecule has 29 heavy (non-hydrogen) atoms. The third-order valence-electron chi connectivity index (χ3n) is 5.24. The molecular weight excluding hydrogens is 378 g/mol. The van der Waals surface area contributed by atoms with Crippen molar-refractivity contribution < 1.29 is 9.53 Å². The smallest absolute Gasteiger partial charge is 0.232 e. The Balaban J connectivity index is 1.44. The van der Waals surface area contributed by atoms with Crippen LogP contribution in [0, 0.1) is 0 Å². The lowest BCUT2D eigenvalue weighted by molar-refractivity contribution is -0.122. The molecule has 0 unspecified atom stereocenters. The molecule has 1 aliphatic heterocycles. The maximum absolute atomic E-state index is 13.3. The molecule has 1 aromatic heterocycles. The predicted molar refractivity (Wildman–Crippen MR) is 116 cm³/mol. The molecule has 2 heterocycles. The molecule has 1 N–H and O–H groups in total. The second-order valence-electron chi connectivity index (χ2n) is 7.00. The number of ether oxygens (including phenoxy) is 1. The van der Waals surface area contributed by atoms with E-state index < -0.39 is 0 Å². The van der Waals surface area contributed by atoms with Gasteiger partial charge in [-0.15, -0.1) is 0 Å². The van der Waals surface area contributed by atoms with Gasteiger partial charge in [0.1, 0.15) is 11.5 Å². The van der Waals surface area contributed by atoms with Crippen LogP contribution in [0.15, 0.2) is 89.6 Å². The number of carbonyl (C=O) groups is 1. The molecule has 3 aromatic carbocycles. The van der Waals surface area contributed by atoms with Gasteiger partial charge in [-0.25, -0.2) is 0 Å². The van der Waals surface area contributed by atoms with Gasteiger partial charge in [0.25, 0.3) is 0 Å². The Labute approximate surface area is 173 Å². The molecule has 0 spiro atoms. The van der Waals surface area contributed by atoms with Gasteiger partial charge in [-0.05, 0) is 45.6 Å². The molecule has 4 heteroatoms. The summed E-state index contributed by atoms with van der Waals surface area (Å²) in [5.74, 6) is 1.08. The lowest BCUT2D eigenvalue weighted by atomic mass is 9.87. The molecular formula is C25H19NO2S. The Morgan fingerprint density at radius 1 is 0.862 bits per heavy atom. The fourth-order valence-corrected chi connectivity index (χ4v) is 4.51. The van der Waals surface area contributed by atoms with Crippen molar-refractivity contribution in [2.75, 3.05) is 0 Å². The van der Waals surface area contributed by atoms with Crippen molar-refractivity contribution in [3.63, 3.8) is 0 Å². The molecule has 5 rings (SSSR count).